The monoisotopic (exact) mass is 325 g/mol. The van der Waals surface area contributed by atoms with E-state index in [-0.39, 0.29) is 11.9 Å². The number of aromatic amines is 1. The van der Waals surface area contributed by atoms with Gasteiger partial charge in [-0.25, -0.2) is 4.98 Å². The third kappa shape index (κ3) is 4.95. The van der Waals surface area contributed by atoms with Crippen LogP contribution in [0.1, 0.15) is 62.4 Å². The summed E-state index contributed by atoms with van der Waals surface area (Å²) in [6.07, 6.45) is 12.5. The third-order valence-corrected chi connectivity index (χ3v) is 4.99. The van der Waals surface area contributed by atoms with Crippen LogP contribution < -0.4 is 5.32 Å². The smallest absolute Gasteiger partial charge is 0.220 e. The van der Waals surface area contributed by atoms with Crippen LogP contribution in [-0.4, -0.2) is 15.9 Å². The van der Waals surface area contributed by atoms with E-state index in [4.69, 9.17) is 0 Å². The molecule has 1 aliphatic carbocycles. The summed E-state index contributed by atoms with van der Waals surface area (Å²) < 4.78 is 0. The first-order chi connectivity index (χ1) is 11.8. The Labute approximate surface area is 144 Å². The van der Waals surface area contributed by atoms with E-state index in [1.54, 1.807) is 6.20 Å². The number of rotatable bonds is 7. The van der Waals surface area contributed by atoms with Crippen LogP contribution in [-0.2, 0) is 11.2 Å². The quantitative estimate of drug-likeness (QED) is 0.802. The summed E-state index contributed by atoms with van der Waals surface area (Å²) in [6, 6.07) is 10.1. The first-order valence-electron chi connectivity index (χ1n) is 9.14. The lowest BCUT2D eigenvalue weighted by molar-refractivity contribution is -0.122. The molecule has 1 atom stereocenters. The summed E-state index contributed by atoms with van der Waals surface area (Å²) >= 11 is 0. The highest BCUT2D eigenvalue weighted by molar-refractivity contribution is 5.76. The molecule has 0 spiro atoms. The second-order valence-electron chi connectivity index (χ2n) is 6.81. The van der Waals surface area contributed by atoms with Crippen LogP contribution in [0.4, 0.5) is 0 Å². The van der Waals surface area contributed by atoms with E-state index in [0.717, 1.165) is 23.7 Å². The van der Waals surface area contributed by atoms with Crippen LogP contribution >= 0.6 is 0 Å². The first kappa shape index (κ1) is 16.7. The lowest BCUT2D eigenvalue weighted by Gasteiger charge is -2.22. The Bertz CT molecular complexity index is 603. The third-order valence-electron chi connectivity index (χ3n) is 4.99. The van der Waals surface area contributed by atoms with Crippen LogP contribution in [0, 0.1) is 5.92 Å². The number of carbonyl (C=O) groups is 1. The maximum absolute atomic E-state index is 12.5. The van der Waals surface area contributed by atoms with Crippen molar-refractivity contribution < 1.29 is 4.79 Å². The van der Waals surface area contributed by atoms with Crippen LogP contribution in [0.5, 0.6) is 0 Å². The van der Waals surface area contributed by atoms with Gasteiger partial charge >= 0.3 is 0 Å². The molecule has 1 unspecified atom stereocenters. The topological polar surface area (TPSA) is 57.8 Å². The van der Waals surface area contributed by atoms with Gasteiger partial charge in [0.15, 0.2) is 0 Å². The Balaban J connectivity index is 1.57. The Kier molecular flexibility index (Phi) is 6.05. The van der Waals surface area contributed by atoms with Crippen LogP contribution in [0.25, 0.3) is 0 Å². The molecule has 2 N–H and O–H groups in total. The molecule has 4 heteroatoms. The van der Waals surface area contributed by atoms with Crippen molar-refractivity contribution in [3.63, 3.8) is 0 Å². The van der Waals surface area contributed by atoms with E-state index in [1.807, 2.05) is 24.4 Å². The summed E-state index contributed by atoms with van der Waals surface area (Å²) in [7, 11) is 0. The van der Waals surface area contributed by atoms with Gasteiger partial charge in [0.1, 0.15) is 5.82 Å². The number of benzene rings is 1. The van der Waals surface area contributed by atoms with E-state index in [2.05, 4.69) is 27.4 Å². The molecule has 4 nitrogen and oxygen atoms in total. The SMILES string of the molecule is O=C(CCC1CCCCC1)NC(Cc1ncc[nH]1)c1ccccc1. The average Bonchev–Trinajstić information content (AvgIpc) is 3.14. The van der Waals surface area contributed by atoms with Crippen molar-refractivity contribution >= 4 is 5.91 Å². The van der Waals surface area contributed by atoms with Crippen molar-refractivity contribution in [2.45, 2.75) is 57.4 Å². The lowest BCUT2D eigenvalue weighted by atomic mass is 9.86. The van der Waals surface area contributed by atoms with Crippen molar-refractivity contribution in [1.29, 1.82) is 0 Å². The number of imidazole rings is 1. The molecule has 3 rings (SSSR count). The number of nitrogens with one attached hydrogen (secondary N) is 2. The fourth-order valence-electron chi connectivity index (χ4n) is 3.62. The largest absolute Gasteiger partial charge is 0.349 e. The molecule has 1 saturated carbocycles. The fourth-order valence-corrected chi connectivity index (χ4v) is 3.62. The molecule has 1 fully saturated rings. The van der Waals surface area contributed by atoms with Gasteiger partial charge in [0.25, 0.3) is 0 Å². The molecular weight excluding hydrogens is 298 g/mol. The highest BCUT2D eigenvalue weighted by Gasteiger charge is 2.18. The van der Waals surface area contributed by atoms with Crippen LogP contribution in [0.15, 0.2) is 42.7 Å². The van der Waals surface area contributed by atoms with Gasteiger partial charge in [-0.05, 0) is 17.9 Å². The van der Waals surface area contributed by atoms with Gasteiger partial charge in [-0.15, -0.1) is 0 Å². The van der Waals surface area contributed by atoms with Crippen molar-refractivity contribution in [2.24, 2.45) is 5.92 Å². The van der Waals surface area contributed by atoms with E-state index < -0.39 is 0 Å². The van der Waals surface area contributed by atoms with Gasteiger partial charge in [-0.1, -0.05) is 62.4 Å². The zero-order chi connectivity index (χ0) is 16.6. The van der Waals surface area contributed by atoms with Gasteiger partial charge in [0.05, 0.1) is 6.04 Å². The summed E-state index contributed by atoms with van der Waals surface area (Å²) in [5.41, 5.74) is 1.12. The Morgan fingerprint density at radius 3 is 2.71 bits per heavy atom. The van der Waals surface area contributed by atoms with Crippen molar-refractivity contribution in [3.05, 3.63) is 54.1 Å². The standard InChI is InChI=1S/C20H27N3O/c24-20(12-11-16-7-3-1-4-8-16)23-18(15-19-21-13-14-22-19)17-9-5-2-6-10-17/h2,5-6,9-10,13-14,16,18H,1,3-4,7-8,11-12,15H2,(H,21,22)(H,23,24). The zero-order valence-electron chi connectivity index (χ0n) is 14.2. The summed E-state index contributed by atoms with van der Waals surface area (Å²) in [6.45, 7) is 0. The zero-order valence-corrected chi connectivity index (χ0v) is 14.2. The molecular formula is C20H27N3O. The van der Waals surface area contributed by atoms with Gasteiger partial charge in [0, 0.05) is 25.2 Å². The number of nitrogens with zero attached hydrogens (tertiary/aromatic N) is 1. The van der Waals surface area contributed by atoms with Crippen molar-refractivity contribution in [3.8, 4) is 0 Å². The van der Waals surface area contributed by atoms with E-state index in [0.29, 0.717) is 12.8 Å². The number of hydrogen-bond donors (Lipinski definition) is 2. The number of hydrogen-bond acceptors (Lipinski definition) is 2. The molecule has 1 aromatic heterocycles. The average molecular weight is 325 g/mol. The predicted molar refractivity (Wildman–Crippen MR) is 95.4 cm³/mol. The van der Waals surface area contributed by atoms with Gasteiger partial charge < -0.3 is 10.3 Å². The number of aromatic nitrogens is 2. The molecule has 1 aliphatic rings. The summed E-state index contributed by atoms with van der Waals surface area (Å²) in [5, 5.41) is 3.21. The molecule has 128 valence electrons. The van der Waals surface area contributed by atoms with E-state index >= 15 is 0 Å². The molecule has 0 saturated heterocycles. The molecule has 0 aliphatic heterocycles. The molecule has 0 bridgehead atoms. The maximum Gasteiger partial charge on any atom is 0.220 e. The Morgan fingerprint density at radius 1 is 1.21 bits per heavy atom. The van der Waals surface area contributed by atoms with Gasteiger partial charge in [-0.2, -0.15) is 0 Å². The second-order valence-corrected chi connectivity index (χ2v) is 6.81. The summed E-state index contributed by atoms with van der Waals surface area (Å²) in [4.78, 5) is 19.9. The lowest BCUT2D eigenvalue weighted by Crippen LogP contribution is -2.30. The van der Waals surface area contributed by atoms with Crippen LogP contribution in [0.2, 0.25) is 0 Å². The van der Waals surface area contributed by atoms with Crippen LogP contribution in [0.3, 0.4) is 0 Å². The van der Waals surface area contributed by atoms with E-state index in [9.17, 15) is 4.79 Å². The van der Waals surface area contributed by atoms with Crippen molar-refractivity contribution in [2.75, 3.05) is 0 Å². The normalized spacial score (nSPS) is 16.7. The second kappa shape index (κ2) is 8.67. The molecule has 1 amide bonds. The number of amides is 1. The first-order valence-corrected chi connectivity index (χ1v) is 9.14. The highest BCUT2D eigenvalue weighted by Crippen LogP contribution is 2.27. The maximum atomic E-state index is 12.5. The molecule has 24 heavy (non-hydrogen) atoms. The minimum absolute atomic E-state index is 0.0313. The highest BCUT2D eigenvalue weighted by atomic mass is 16.1. The minimum Gasteiger partial charge on any atom is -0.349 e. The number of H-pyrrole nitrogens is 1. The predicted octanol–water partition coefficient (Wildman–Crippen LogP) is 4.17. The number of carbonyl (C=O) groups excluding carboxylic acids is 1. The molecule has 0 radical (unpaired) electrons. The fraction of sp³-hybridized carbons (Fsp3) is 0.500. The minimum atomic E-state index is -0.0313. The van der Waals surface area contributed by atoms with Crippen molar-refractivity contribution in [1.82, 2.24) is 15.3 Å². The van der Waals surface area contributed by atoms with Gasteiger partial charge in [-0.3, -0.25) is 4.79 Å². The molecule has 2 aromatic rings. The summed E-state index contributed by atoms with van der Waals surface area (Å²) in [5.74, 6) is 1.79. The molecule has 1 aromatic carbocycles. The van der Waals surface area contributed by atoms with E-state index in [1.165, 1.54) is 32.1 Å². The van der Waals surface area contributed by atoms with Gasteiger partial charge in [0.2, 0.25) is 5.91 Å². The Morgan fingerprint density at radius 2 is 2.00 bits per heavy atom. The Hall–Kier alpha value is -2.10. The molecule has 1 heterocycles.